The summed E-state index contributed by atoms with van der Waals surface area (Å²) in [5.41, 5.74) is 0. The van der Waals surface area contributed by atoms with E-state index in [2.05, 4.69) is 54.6 Å². The normalized spacial score (nSPS) is 22.4. The Morgan fingerprint density at radius 2 is 1.90 bits per heavy atom. The first-order valence-electron chi connectivity index (χ1n) is 7.56. The number of cyclic esters (lactones) is 1. The van der Waals surface area contributed by atoms with Crippen LogP contribution in [0.25, 0.3) is 0 Å². The highest BCUT2D eigenvalue weighted by molar-refractivity contribution is 6.74. The molecular weight excluding hydrogens is 270 g/mol. The van der Waals surface area contributed by atoms with Gasteiger partial charge in [-0.05, 0) is 31.0 Å². The summed E-state index contributed by atoms with van der Waals surface area (Å²) >= 11 is 0. The minimum absolute atomic E-state index is 0.0616. The zero-order valence-corrected chi connectivity index (χ0v) is 15.3. The summed E-state index contributed by atoms with van der Waals surface area (Å²) in [5.74, 6) is 0.400. The van der Waals surface area contributed by atoms with Crippen LogP contribution in [0.3, 0.4) is 0 Å². The maximum absolute atomic E-state index is 11.9. The molecule has 1 aliphatic rings. The van der Waals surface area contributed by atoms with Crippen LogP contribution in [0, 0.1) is 5.92 Å². The second kappa shape index (κ2) is 6.06. The predicted octanol–water partition coefficient (Wildman–Crippen LogP) is 3.87. The van der Waals surface area contributed by atoms with Gasteiger partial charge in [0.2, 0.25) is 0 Å². The SMILES string of the molecule is CC(C)[C@@H]1COC(=O)N1C(C)CO[Si](C)(C)C(C)(C)C. The fraction of sp³-hybridized carbons (Fsp3) is 0.933. The Balaban J connectivity index is 2.66. The van der Waals surface area contributed by atoms with Gasteiger partial charge < -0.3 is 9.16 Å². The van der Waals surface area contributed by atoms with Crippen LogP contribution >= 0.6 is 0 Å². The monoisotopic (exact) mass is 301 g/mol. The zero-order chi connectivity index (χ0) is 15.7. The van der Waals surface area contributed by atoms with Gasteiger partial charge in [-0.1, -0.05) is 34.6 Å². The fourth-order valence-electron chi connectivity index (χ4n) is 2.09. The average Bonchev–Trinajstić information content (AvgIpc) is 2.66. The van der Waals surface area contributed by atoms with Crippen LogP contribution in [0.4, 0.5) is 4.79 Å². The van der Waals surface area contributed by atoms with Crippen molar-refractivity contribution in [2.75, 3.05) is 13.2 Å². The Morgan fingerprint density at radius 3 is 2.35 bits per heavy atom. The first kappa shape index (κ1) is 17.5. The summed E-state index contributed by atoms with van der Waals surface area (Å²) in [4.78, 5) is 13.8. The maximum atomic E-state index is 11.9. The van der Waals surface area contributed by atoms with Crippen molar-refractivity contribution in [3.63, 3.8) is 0 Å². The first-order chi connectivity index (χ1) is 8.97. The van der Waals surface area contributed by atoms with Gasteiger partial charge in [-0.2, -0.15) is 0 Å². The second-order valence-electron chi connectivity index (χ2n) is 7.72. The van der Waals surface area contributed by atoms with Gasteiger partial charge in [0.05, 0.1) is 18.7 Å². The van der Waals surface area contributed by atoms with Crippen LogP contribution in [-0.4, -0.2) is 44.6 Å². The van der Waals surface area contributed by atoms with E-state index < -0.39 is 8.32 Å². The molecule has 1 rings (SSSR count). The van der Waals surface area contributed by atoms with Crippen LogP contribution in [0.1, 0.15) is 41.5 Å². The van der Waals surface area contributed by atoms with Crippen molar-refractivity contribution < 1.29 is 14.0 Å². The highest BCUT2D eigenvalue weighted by Crippen LogP contribution is 2.36. The molecule has 1 saturated heterocycles. The number of carbonyl (C=O) groups excluding carboxylic acids is 1. The number of carbonyl (C=O) groups is 1. The van der Waals surface area contributed by atoms with E-state index in [1.54, 1.807) is 0 Å². The minimum atomic E-state index is -1.77. The molecule has 0 aliphatic carbocycles. The lowest BCUT2D eigenvalue weighted by Gasteiger charge is -2.38. The van der Waals surface area contributed by atoms with Crippen molar-refractivity contribution >= 4 is 14.4 Å². The summed E-state index contributed by atoms with van der Waals surface area (Å²) in [6.07, 6.45) is -0.199. The Morgan fingerprint density at radius 1 is 1.35 bits per heavy atom. The third-order valence-corrected chi connectivity index (χ3v) is 9.18. The molecule has 1 aliphatic heterocycles. The molecule has 0 radical (unpaired) electrons. The van der Waals surface area contributed by atoms with E-state index in [4.69, 9.17) is 9.16 Å². The van der Waals surface area contributed by atoms with E-state index >= 15 is 0 Å². The Hall–Kier alpha value is -0.553. The molecule has 118 valence electrons. The standard InChI is InChI=1S/C15H31NO3Si/c1-11(2)13-10-18-14(17)16(13)12(3)9-19-20(7,8)15(4,5)6/h11-13H,9-10H2,1-8H3/t12?,13-/m0/s1. The van der Waals surface area contributed by atoms with Gasteiger partial charge in [0, 0.05) is 0 Å². The maximum Gasteiger partial charge on any atom is 0.410 e. The molecule has 4 nitrogen and oxygen atoms in total. The number of nitrogens with zero attached hydrogens (tertiary/aromatic N) is 1. The lowest BCUT2D eigenvalue weighted by Crippen LogP contribution is -2.49. The molecule has 0 aromatic rings. The van der Waals surface area contributed by atoms with E-state index in [0.29, 0.717) is 19.1 Å². The summed E-state index contributed by atoms with van der Waals surface area (Å²) in [7, 11) is -1.77. The number of ether oxygens (including phenoxy) is 1. The number of rotatable bonds is 5. The number of amides is 1. The van der Waals surface area contributed by atoms with Gasteiger partial charge in [0.25, 0.3) is 0 Å². The minimum Gasteiger partial charge on any atom is -0.447 e. The molecular formula is C15H31NO3Si. The van der Waals surface area contributed by atoms with Crippen molar-refractivity contribution in [2.24, 2.45) is 5.92 Å². The quantitative estimate of drug-likeness (QED) is 0.723. The Labute approximate surface area is 124 Å². The Bertz CT molecular complexity index is 350. The third-order valence-electron chi connectivity index (χ3n) is 4.68. The lowest BCUT2D eigenvalue weighted by molar-refractivity contribution is 0.117. The van der Waals surface area contributed by atoms with Gasteiger partial charge in [-0.3, -0.25) is 4.90 Å². The largest absolute Gasteiger partial charge is 0.447 e. The topological polar surface area (TPSA) is 38.8 Å². The number of hydrogen-bond donors (Lipinski definition) is 0. The molecule has 1 fully saturated rings. The van der Waals surface area contributed by atoms with Crippen molar-refractivity contribution in [3.05, 3.63) is 0 Å². The zero-order valence-electron chi connectivity index (χ0n) is 14.3. The summed E-state index contributed by atoms with van der Waals surface area (Å²) in [6, 6.07) is 0.229. The van der Waals surface area contributed by atoms with Crippen LogP contribution < -0.4 is 0 Å². The molecule has 0 aromatic heterocycles. The van der Waals surface area contributed by atoms with Crippen molar-refractivity contribution in [1.29, 1.82) is 0 Å². The highest BCUT2D eigenvalue weighted by Gasteiger charge is 2.41. The molecule has 1 heterocycles. The van der Waals surface area contributed by atoms with E-state index in [1.165, 1.54) is 0 Å². The molecule has 1 amide bonds. The summed E-state index contributed by atoms with van der Waals surface area (Å²) < 4.78 is 11.4. The average molecular weight is 302 g/mol. The van der Waals surface area contributed by atoms with Gasteiger partial charge in [0.1, 0.15) is 6.61 Å². The molecule has 0 spiro atoms. The lowest BCUT2D eigenvalue weighted by atomic mass is 10.0. The molecule has 5 heteroatoms. The van der Waals surface area contributed by atoms with Crippen molar-refractivity contribution in [3.8, 4) is 0 Å². The van der Waals surface area contributed by atoms with E-state index in [0.717, 1.165) is 0 Å². The highest BCUT2D eigenvalue weighted by atomic mass is 28.4. The van der Waals surface area contributed by atoms with Gasteiger partial charge in [0.15, 0.2) is 8.32 Å². The molecule has 0 bridgehead atoms. The third kappa shape index (κ3) is 3.76. The van der Waals surface area contributed by atoms with Gasteiger partial charge in [-0.25, -0.2) is 4.79 Å². The molecule has 0 saturated carbocycles. The molecule has 1 unspecified atom stereocenters. The van der Waals surface area contributed by atoms with E-state index in [9.17, 15) is 4.79 Å². The molecule has 0 aromatic carbocycles. The second-order valence-corrected chi connectivity index (χ2v) is 12.5. The van der Waals surface area contributed by atoms with Crippen LogP contribution in [0.2, 0.25) is 18.1 Å². The van der Waals surface area contributed by atoms with E-state index in [-0.39, 0.29) is 23.2 Å². The van der Waals surface area contributed by atoms with Crippen LogP contribution in [0.15, 0.2) is 0 Å². The number of hydrogen-bond acceptors (Lipinski definition) is 3. The smallest absolute Gasteiger partial charge is 0.410 e. The Kier molecular flexibility index (Phi) is 5.30. The summed E-state index contributed by atoms with van der Waals surface area (Å²) in [5, 5.41) is 0.190. The van der Waals surface area contributed by atoms with Crippen LogP contribution in [0.5, 0.6) is 0 Å². The van der Waals surface area contributed by atoms with Gasteiger partial charge >= 0.3 is 6.09 Å². The molecule has 0 N–H and O–H groups in total. The molecule has 20 heavy (non-hydrogen) atoms. The van der Waals surface area contributed by atoms with Gasteiger partial charge in [-0.15, -0.1) is 0 Å². The van der Waals surface area contributed by atoms with Crippen molar-refractivity contribution in [2.45, 2.75) is 71.8 Å². The first-order valence-corrected chi connectivity index (χ1v) is 10.5. The van der Waals surface area contributed by atoms with E-state index in [1.807, 2.05) is 4.90 Å². The summed E-state index contributed by atoms with van der Waals surface area (Å²) in [6.45, 7) is 18.6. The van der Waals surface area contributed by atoms with Crippen molar-refractivity contribution in [1.82, 2.24) is 4.90 Å². The predicted molar refractivity (Wildman–Crippen MR) is 84.4 cm³/mol. The fourth-order valence-corrected chi connectivity index (χ4v) is 3.18. The van der Waals surface area contributed by atoms with Crippen LogP contribution in [-0.2, 0) is 9.16 Å². The molecule has 2 atom stereocenters.